The van der Waals surface area contributed by atoms with Gasteiger partial charge < -0.3 is 0 Å². The van der Waals surface area contributed by atoms with Crippen LogP contribution in [0.4, 0.5) is 0 Å². The highest BCUT2D eigenvalue weighted by Crippen LogP contribution is 2.30. The van der Waals surface area contributed by atoms with Crippen LogP contribution >= 0.6 is 11.9 Å². The van der Waals surface area contributed by atoms with Gasteiger partial charge in [-0.05, 0) is 36.0 Å². The molecule has 0 aliphatic heterocycles. The fraction of sp³-hybridized carbons (Fsp3) is 0.455. The summed E-state index contributed by atoms with van der Waals surface area (Å²) in [5.41, 5.74) is 1.62. The molecular formula is C11H17NS. The third-order valence-electron chi connectivity index (χ3n) is 1.91. The number of benzene rings is 1. The Kier molecular flexibility index (Phi) is 3.40. The Hall–Kier alpha value is -0.470. The van der Waals surface area contributed by atoms with Crippen molar-refractivity contribution in [3.05, 3.63) is 29.8 Å². The zero-order valence-electron chi connectivity index (χ0n) is 8.72. The van der Waals surface area contributed by atoms with Crippen molar-refractivity contribution >= 4 is 11.9 Å². The molecule has 0 atom stereocenters. The van der Waals surface area contributed by atoms with Crippen molar-refractivity contribution in [2.24, 2.45) is 0 Å². The standard InChI is InChI=1S/C11H17NS/c1-11(2,3)9-7-5-6-8-10(9)13-12-4/h5-8,12H,1-4H3. The van der Waals surface area contributed by atoms with Gasteiger partial charge in [0, 0.05) is 4.90 Å². The van der Waals surface area contributed by atoms with Gasteiger partial charge in [0.1, 0.15) is 0 Å². The maximum atomic E-state index is 3.11. The molecule has 0 saturated heterocycles. The highest BCUT2D eigenvalue weighted by molar-refractivity contribution is 7.97. The van der Waals surface area contributed by atoms with Crippen LogP contribution in [0.25, 0.3) is 0 Å². The topological polar surface area (TPSA) is 12.0 Å². The summed E-state index contributed by atoms with van der Waals surface area (Å²) in [6.45, 7) is 6.71. The van der Waals surface area contributed by atoms with Crippen molar-refractivity contribution in [3.63, 3.8) is 0 Å². The third-order valence-corrected chi connectivity index (χ3v) is 2.69. The van der Waals surface area contributed by atoms with E-state index in [0.29, 0.717) is 0 Å². The molecule has 1 nitrogen and oxygen atoms in total. The molecule has 1 aromatic rings. The van der Waals surface area contributed by atoms with Gasteiger partial charge in [-0.2, -0.15) is 0 Å². The second-order valence-corrected chi connectivity index (χ2v) is 5.10. The van der Waals surface area contributed by atoms with Crippen molar-refractivity contribution < 1.29 is 0 Å². The predicted octanol–water partition coefficient (Wildman–Crippen LogP) is 3.21. The molecule has 0 unspecified atom stereocenters. The fourth-order valence-corrected chi connectivity index (χ4v) is 2.14. The molecule has 0 saturated carbocycles. The van der Waals surface area contributed by atoms with Crippen LogP contribution in [0.15, 0.2) is 29.2 Å². The van der Waals surface area contributed by atoms with E-state index < -0.39 is 0 Å². The Labute approximate surface area is 85.1 Å². The van der Waals surface area contributed by atoms with Crippen LogP contribution in [0.2, 0.25) is 0 Å². The summed E-state index contributed by atoms with van der Waals surface area (Å²) >= 11 is 1.68. The average Bonchev–Trinajstić information content (AvgIpc) is 2.04. The number of hydrogen-bond acceptors (Lipinski definition) is 2. The van der Waals surface area contributed by atoms with Gasteiger partial charge in [-0.3, -0.25) is 4.72 Å². The van der Waals surface area contributed by atoms with Crippen LogP contribution in [0.5, 0.6) is 0 Å². The van der Waals surface area contributed by atoms with Crippen molar-refractivity contribution in [1.82, 2.24) is 4.72 Å². The minimum absolute atomic E-state index is 0.223. The summed E-state index contributed by atoms with van der Waals surface area (Å²) in [6, 6.07) is 8.52. The normalized spacial score (nSPS) is 11.7. The molecule has 0 spiro atoms. The second-order valence-electron chi connectivity index (χ2n) is 4.05. The van der Waals surface area contributed by atoms with Crippen molar-refractivity contribution in [2.75, 3.05) is 7.05 Å². The summed E-state index contributed by atoms with van der Waals surface area (Å²) in [4.78, 5) is 1.32. The van der Waals surface area contributed by atoms with Crippen LogP contribution in [0.1, 0.15) is 26.3 Å². The molecule has 1 rings (SSSR count). The molecule has 2 heteroatoms. The van der Waals surface area contributed by atoms with E-state index in [-0.39, 0.29) is 5.41 Å². The SMILES string of the molecule is CNSc1ccccc1C(C)(C)C. The lowest BCUT2D eigenvalue weighted by Gasteiger charge is -2.22. The van der Waals surface area contributed by atoms with Crippen LogP contribution in [0, 0.1) is 0 Å². The predicted molar refractivity (Wildman–Crippen MR) is 60.1 cm³/mol. The molecular weight excluding hydrogens is 178 g/mol. The van der Waals surface area contributed by atoms with E-state index in [1.54, 1.807) is 11.9 Å². The molecule has 0 bridgehead atoms. The maximum absolute atomic E-state index is 3.11. The minimum atomic E-state index is 0.223. The number of rotatable bonds is 2. The molecule has 72 valence electrons. The van der Waals surface area contributed by atoms with Gasteiger partial charge in [-0.15, -0.1) is 0 Å². The molecule has 0 heterocycles. The molecule has 0 radical (unpaired) electrons. The first kappa shape index (κ1) is 10.6. The van der Waals surface area contributed by atoms with Crippen LogP contribution in [-0.4, -0.2) is 7.05 Å². The van der Waals surface area contributed by atoms with Crippen molar-refractivity contribution in [3.8, 4) is 0 Å². The van der Waals surface area contributed by atoms with Crippen LogP contribution in [-0.2, 0) is 5.41 Å². The Balaban J connectivity index is 3.05. The van der Waals surface area contributed by atoms with E-state index >= 15 is 0 Å². The van der Waals surface area contributed by atoms with Crippen molar-refractivity contribution in [1.29, 1.82) is 0 Å². The van der Waals surface area contributed by atoms with Gasteiger partial charge in [0.25, 0.3) is 0 Å². The molecule has 1 N–H and O–H groups in total. The van der Waals surface area contributed by atoms with Crippen molar-refractivity contribution in [2.45, 2.75) is 31.1 Å². The number of nitrogens with one attached hydrogen (secondary N) is 1. The van der Waals surface area contributed by atoms with E-state index in [0.717, 1.165) is 0 Å². The summed E-state index contributed by atoms with van der Waals surface area (Å²) in [6.07, 6.45) is 0. The molecule has 13 heavy (non-hydrogen) atoms. The molecule has 0 aliphatic carbocycles. The summed E-state index contributed by atoms with van der Waals surface area (Å²) in [7, 11) is 1.95. The molecule has 0 aromatic heterocycles. The van der Waals surface area contributed by atoms with Crippen LogP contribution < -0.4 is 4.72 Å². The van der Waals surface area contributed by atoms with Crippen LogP contribution in [0.3, 0.4) is 0 Å². The lowest BCUT2D eigenvalue weighted by Crippen LogP contribution is -2.13. The fourth-order valence-electron chi connectivity index (χ4n) is 1.29. The molecule has 0 fully saturated rings. The molecule has 0 aliphatic rings. The Morgan fingerprint density at radius 2 is 1.77 bits per heavy atom. The number of hydrogen-bond donors (Lipinski definition) is 1. The van der Waals surface area contributed by atoms with Gasteiger partial charge in [-0.1, -0.05) is 39.0 Å². The van der Waals surface area contributed by atoms with Gasteiger partial charge in [0.15, 0.2) is 0 Å². The molecule has 0 amide bonds. The quantitative estimate of drug-likeness (QED) is 0.727. The highest BCUT2D eigenvalue weighted by atomic mass is 32.2. The molecule has 1 aromatic carbocycles. The Bertz CT molecular complexity index is 276. The summed E-state index contributed by atoms with van der Waals surface area (Å²) < 4.78 is 3.11. The smallest absolute Gasteiger partial charge is 0.0265 e. The second kappa shape index (κ2) is 4.16. The third kappa shape index (κ3) is 2.75. The largest absolute Gasteiger partial charge is 0.263 e. The monoisotopic (exact) mass is 195 g/mol. The van der Waals surface area contributed by atoms with Gasteiger partial charge >= 0.3 is 0 Å². The highest BCUT2D eigenvalue weighted by Gasteiger charge is 2.16. The average molecular weight is 195 g/mol. The van der Waals surface area contributed by atoms with E-state index in [1.807, 2.05) is 7.05 Å². The zero-order valence-corrected chi connectivity index (χ0v) is 9.53. The maximum Gasteiger partial charge on any atom is 0.0265 e. The first-order valence-electron chi connectivity index (χ1n) is 4.49. The summed E-state index contributed by atoms with van der Waals surface area (Å²) in [5, 5.41) is 0. The van der Waals surface area contributed by atoms with E-state index in [9.17, 15) is 0 Å². The van der Waals surface area contributed by atoms with Gasteiger partial charge in [0.05, 0.1) is 0 Å². The summed E-state index contributed by atoms with van der Waals surface area (Å²) in [5.74, 6) is 0. The van der Waals surface area contributed by atoms with E-state index in [1.165, 1.54) is 10.5 Å². The zero-order chi connectivity index (χ0) is 9.90. The minimum Gasteiger partial charge on any atom is -0.263 e. The lowest BCUT2D eigenvalue weighted by atomic mass is 9.87. The van der Waals surface area contributed by atoms with E-state index in [2.05, 4.69) is 49.8 Å². The lowest BCUT2D eigenvalue weighted by molar-refractivity contribution is 0.578. The first-order valence-corrected chi connectivity index (χ1v) is 5.30. The van der Waals surface area contributed by atoms with Gasteiger partial charge in [0.2, 0.25) is 0 Å². The first-order chi connectivity index (χ1) is 6.05. The van der Waals surface area contributed by atoms with Gasteiger partial charge in [-0.25, -0.2) is 0 Å². The Morgan fingerprint density at radius 1 is 1.15 bits per heavy atom. The Morgan fingerprint density at radius 3 is 2.31 bits per heavy atom. The van der Waals surface area contributed by atoms with E-state index in [4.69, 9.17) is 0 Å².